The number of hydrogen-bond acceptors (Lipinski definition) is 3. The van der Waals surface area contributed by atoms with Crippen molar-refractivity contribution in [2.45, 2.75) is 53.6 Å². The lowest BCUT2D eigenvalue weighted by Crippen LogP contribution is -2.30. The summed E-state index contributed by atoms with van der Waals surface area (Å²) < 4.78 is 26.6. The maximum Gasteiger partial charge on any atom is 0.251 e. The van der Waals surface area contributed by atoms with Gasteiger partial charge >= 0.3 is 0 Å². The zero-order valence-electron chi connectivity index (χ0n) is 20.8. The standard InChI is InChI=1S/C28H34N2O3S/c1-7-26(25-13-10-20(3)22(5)17-25)29-28(31)24-14-11-23(12-15-24)18-30(34(6,32)33)27-16-19(2)8-9-21(27)4/h8-17,26H,7,18H2,1-6H3,(H,29,31)/t26-/m0/s1. The van der Waals surface area contributed by atoms with Crippen LogP contribution in [0.4, 0.5) is 5.69 Å². The Hall–Kier alpha value is -3.12. The molecule has 1 N–H and O–H groups in total. The van der Waals surface area contributed by atoms with Gasteiger partial charge in [0.2, 0.25) is 10.0 Å². The largest absolute Gasteiger partial charge is 0.345 e. The number of carbonyl (C=O) groups is 1. The smallest absolute Gasteiger partial charge is 0.251 e. The van der Waals surface area contributed by atoms with Gasteiger partial charge in [0.05, 0.1) is 24.5 Å². The molecule has 1 atom stereocenters. The van der Waals surface area contributed by atoms with E-state index in [0.29, 0.717) is 11.3 Å². The summed E-state index contributed by atoms with van der Waals surface area (Å²) in [6.45, 7) is 10.2. The predicted molar refractivity (Wildman–Crippen MR) is 140 cm³/mol. The van der Waals surface area contributed by atoms with Crippen molar-refractivity contribution in [3.63, 3.8) is 0 Å². The van der Waals surface area contributed by atoms with Gasteiger partial charge in [-0.2, -0.15) is 0 Å². The molecule has 0 aliphatic rings. The minimum absolute atomic E-state index is 0.0727. The van der Waals surface area contributed by atoms with E-state index in [-0.39, 0.29) is 18.5 Å². The third-order valence-corrected chi connectivity index (χ3v) is 7.35. The lowest BCUT2D eigenvalue weighted by molar-refractivity contribution is 0.0935. The molecule has 0 aliphatic carbocycles. The predicted octanol–water partition coefficient (Wildman–Crippen LogP) is 5.77. The maximum atomic E-state index is 12.9. The molecular weight excluding hydrogens is 444 g/mol. The Morgan fingerprint density at radius 2 is 1.53 bits per heavy atom. The van der Waals surface area contributed by atoms with Crippen molar-refractivity contribution in [2.75, 3.05) is 10.6 Å². The average molecular weight is 479 g/mol. The van der Waals surface area contributed by atoms with Crippen LogP contribution < -0.4 is 9.62 Å². The molecule has 0 fully saturated rings. The lowest BCUT2D eigenvalue weighted by Gasteiger charge is -2.25. The Bertz CT molecular complexity index is 1280. The van der Waals surface area contributed by atoms with Crippen LogP contribution in [-0.2, 0) is 16.6 Å². The van der Waals surface area contributed by atoms with Crippen molar-refractivity contribution in [2.24, 2.45) is 0 Å². The number of sulfonamides is 1. The van der Waals surface area contributed by atoms with Crippen molar-refractivity contribution in [1.82, 2.24) is 5.32 Å². The highest BCUT2D eigenvalue weighted by Crippen LogP contribution is 2.26. The van der Waals surface area contributed by atoms with E-state index in [0.717, 1.165) is 28.7 Å². The van der Waals surface area contributed by atoms with Crippen LogP contribution in [0.2, 0.25) is 0 Å². The van der Waals surface area contributed by atoms with Crippen LogP contribution in [0.3, 0.4) is 0 Å². The molecule has 180 valence electrons. The number of amides is 1. The molecule has 6 heteroatoms. The fourth-order valence-corrected chi connectivity index (χ4v) is 4.88. The van der Waals surface area contributed by atoms with Gasteiger partial charge in [-0.25, -0.2) is 8.42 Å². The number of nitrogens with zero attached hydrogens (tertiary/aromatic N) is 1. The second-order valence-electron chi connectivity index (χ2n) is 9.03. The van der Waals surface area contributed by atoms with Gasteiger partial charge in [-0.1, -0.05) is 49.4 Å². The molecule has 3 rings (SSSR count). The number of aryl methyl sites for hydroxylation is 4. The van der Waals surface area contributed by atoms with E-state index in [1.54, 1.807) is 12.1 Å². The van der Waals surface area contributed by atoms with Crippen LogP contribution in [0.5, 0.6) is 0 Å². The second kappa shape index (κ2) is 10.4. The fraction of sp³-hybridized carbons (Fsp3) is 0.321. The van der Waals surface area contributed by atoms with Crippen molar-refractivity contribution in [3.8, 4) is 0 Å². The summed E-state index contributed by atoms with van der Waals surface area (Å²) >= 11 is 0. The summed E-state index contributed by atoms with van der Waals surface area (Å²) in [5.41, 5.74) is 7.43. The van der Waals surface area contributed by atoms with Gasteiger partial charge in [0.1, 0.15) is 0 Å². The van der Waals surface area contributed by atoms with Crippen LogP contribution in [0, 0.1) is 27.7 Å². The normalized spacial score (nSPS) is 12.3. The van der Waals surface area contributed by atoms with Crippen LogP contribution in [0.15, 0.2) is 60.7 Å². The summed E-state index contributed by atoms with van der Waals surface area (Å²) in [5.74, 6) is -0.147. The molecule has 0 radical (unpaired) electrons. The molecular formula is C28H34N2O3S. The van der Waals surface area contributed by atoms with E-state index < -0.39 is 10.0 Å². The first-order chi connectivity index (χ1) is 16.0. The van der Waals surface area contributed by atoms with Crippen LogP contribution in [0.25, 0.3) is 0 Å². The number of rotatable bonds is 8. The van der Waals surface area contributed by atoms with Gasteiger partial charge in [-0.3, -0.25) is 9.10 Å². The van der Waals surface area contributed by atoms with Gasteiger partial charge in [0, 0.05) is 5.56 Å². The van der Waals surface area contributed by atoms with Crippen LogP contribution >= 0.6 is 0 Å². The van der Waals surface area contributed by atoms with Gasteiger partial charge in [0.15, 0.2) is 0 Å². The molecule has 0 aromatic heterocycles. The first-order valence-electron chi connectivity index (χ1n) is 11.5. The van der Waals surface area contributed by atoms with Crippen molar-refractivity contribution in [1.29, 1.82) is 0 Å². The zero-order valence-corrected chi connectivity index (χ0v) is 21.7. The molecule has 34 heavy (non-hydrogen) atoms. The topological polar surface area (TPSA) is 66.5 Å². The molecule has 3 aromatic rings. The minimum atomic E-state index is -3.48. The number of benzene rings is 3. The Morgan fingerprint density at radius 1 is 0.882 bits per heavy atom. The van der Waals surface area contributed by atoms with E-state index in [2.05, 4.69) is 44.3 Å². The van der Waals surface area contributed by atoms with Gasteiger partial charge in [-0.05, 0) is 85.7 Å². The highest BCUT2D eigenvalue weighted by atomic mass is 32.2. The Balaban J connectivity index is 1.78. The van der Waals surface area contributed by atoms with Crippen molar-refractivity contribution in [3.05, 3.63) is 99.6 Å². The summed E-state index contributed by atoms with van der Waals surface area (Å²) in [5, 5.41) is 3.12. The highest BCUT2D eigenvalue weighted by Gasteiger charge is 2.20. The SMILES string of the molecule is CC[C@H](NC(=O)c1ccc(CN(c2cc(C)ccc2C)S(C)(=O)=O)cc1)c1ccc(C)c(C)c1. The van der Waals surface area contributed by atoms with Crippen LogP contribution in [0.1, 0.15) is 63.1 Å². The number of carbonyl (C=O) groups excluding carboxylic acids is 1. The van der Waals surface area contributed by atoms with E-state index in [9.17, 15) is 13.2 Å². The molecule has 0 bridgehead atoms. The molecule has 0 heterocycles. The highest BCUT2D eigenvalue weighted by molar-refractivity contribution is 7.92. The minimum Gasteiger partial charge on any atom is -0.345 e. The van der Waals surface area contributed by atoms with Gasteiger partial charge in [0.25, 0.3) is 5.91 Å². The Labute approximate surface area is 203 Å². The average Bonchev–Trinajstić information content (AvgIpc) is 2.79. The quantitative estimate of drug-likeness (QED) is 0.447. The molecule has 0 unspecified atom stereocenters. The Kier molecular flexibility index (Phi) is 7.82. The fourth-order valence-electron chi connectivity index (χ4n) is 3.94. The van der Waals surface area contributed by atoms with Crippen molar-refractivity contribution >= 4 is 21.6 Å². The van der Waals surface area contributed by atoms with Crippen molar-refractivity contribution < 1.29 is 13.2 Å². The third-order valence-electron chi connectivity index (χ3n) is 6.22. The van der Waals surface area contributed by atoms with E-state index in [4.69, 9.17) is 0 Å². The monoisotopic (exact) mass is 478 g/mol. The number of hydrogen-bond donors (Lipinski definition) is 1. The number of anilines is 1. The van der Waals surface area contributed by atoms with E-state index in [1.807, 2.05) is 44.2 Å². The van der Waals surface area contributed by atoms with Crippen LogP contribution in [-0.4, -0.2) is 20.6 Å². The first kappa shape index (κ1) is 25.5. The maximum absolute atomic E-state index is 12.9. The molecule has 3 aromatic carbocycles. The summed E-state index contributed by atoms with van der Waals surface area (Å²) in [7, 11) is -3.48. The summed E-state index contributed by atoms with van der Waals surface area (Å²) in [6, 6.07) is 19.1. The molecule has 0 aliphatic heterocycles. The first-order valence-corrected chi connectivity index (χ1v) is 13.4. The van der Waals surface area contributed by atoms with Gasteiger partial charge < -0.3 is 5.32 Å². The molecule has 5 nitrogen and oxygen atoms in total. The molecule has 0 saturated carbocycles. The summed E-state index contributed by atoms with van der Waals surface area (Å²) in [4.78, 5) is 12.9. The molecule has 0 spiro atoms. The number of nitrogens with one attached hydrogen (secondary N) is 1. The van der Waals surface area contributed by atoms with E-state index >= 15 is 0 Å². The van der Waals surface area contributed by atoms with E-state index in [1.165, 1.54) is 21.7 Å². The second-order valence-corrected chi connectivity index (χ2v) is 10.9. The molecule has 0 saturated heterocycles. The zero-order chi connectivity index (χ0) is 25.0. The molecule has 1 amide bonds. The van der Waals surface area contributed by atoms with Gasteiger partial charge in [-0.15, -0.1) is 0 Å². The summed E-state index contributed by atoms with van der Waals surface area (Å²) in [6.07, 6.45) is 2.00. The Morgan fingerprint density at radius 3 is 2.12 bits per heavy atom. The lowest BCUT2D eigenvalue weighted by atomic mass is 9.99. The third kappa shape index (κ3) is 6.06.